The van der Waals surface area contributed by atoms with Crippen molar-refractivity contribution < 1.29 is 0 Å². The maximum absolute atomic E-state index is 11.2. The Morgan fingerprint density at radius 2 is 1.88 bits per heavy atom. The highest BCUT2D eigenvalue weighted by Crippen LogP contribution is 2.23. The predicted octanol–water partition coefficient (Wildman–Crippen LogP) is 0.832. The SMILES string of the molecule is CN(c1cc(=O)[nH]c(=O)[nH]1)C1CCCCC1. The molecular formula is C11H17N3O2. The molecule has 0 aromatic carbocycles. The first-order chi connectivity index (χ1) is 7.66. The van der Waals surface area contributed by atoms with Crippen molar-refractivity contribution >= 4 is 5.82 Å². The van der Waals surface area contributed by atoms with E-state index < -0.39 is 5.69 Å². The van der Waals surface area contributed by atoms with Crippen LogP contribution >= 0.6 is 0 Å². The van der Waals surface area contributed by atoms with Gasteiger partial charge in [0.25, 0.3) is 5.56 Å². The minimum absolute atomic E-state index is 0.346. The Labute approximate surface area is 93.5 Å². The van der Waals surface area contributed by atoms with Gasteiger partial charge in [-0.05, 0) is 12.8 Å². The zero-order valence-electron chi connectivity index (χ0n) is 9.45. The van der Waals surface area contributed by atoms with Gasteiger partial charge in [-0.1, -0.05) is 19.3 Å². The van der Waals surface area contributed by atoms with Crippen LogP contribution in [0.5, 0.6) is 0 Å². The van der Waals surface area contributed by atoms with Gasteiger partial charge in [0.2, 0.25) is 0 Å². The molecule has 0 saturated heterocycles. The van der Waals surface area contributed by atoms with Crippen molar-refractivity contribution in [3.05, 3.63) is 26.9 Å². The smallest absolute Gasteiger partial charge is 0.327 e. The maximum atomic E-state index is 11.2. The fraction of sp³-hybridized carbons (Fsp3) is 0.636. The van der Waals surface area contributed by atoms with E-state index in [1.165, 1.54) is 25.3 Å². The molecule has 88 valence electrons. The molecule has 1 aliphatic rings. The largest absolute Gasteiger partial charge is 0.358 e. The molecule has 1 aromatic rings. The van der Waals surface area contributed by atoms with E-state index in [0.717, 1.165) is 12.8 Å². The van der Waals surface area contributed by atoms with Crippen LogP contribution in [0.2, 0.25) is 0 Å². The molecule has 0 bridgehead atoms. The van der Waals surface area contributed by atoms with Gasteiger partial charge in [-0.25, -0.2) is 4.79 Å². The average molecular weight is 223 g/mol. The monoisotopic (exact) mass is 223 g/mol. The van der Waals surface area contributed by atoms with Gasteiger partial charge in [-0.3, -0.25) is 14.8 Å². The van der Waals surface area contributed by atoms with E-state index in [1.807, 2.05) is 11.9 Å². The van der Waals surface area contributed by atoms with Gasteiger partial charge in [0.05, 0.1) is 0 Å². The van der Waals surface area contributed by atoms with E-state index in [2.05, 4.69) is 9.97 Å². The lowest BCUT2D eigenvalue weighted by atomic mass is 9.94. The predicted molar refractivity (Wildman–Crippen MR) is 63.0 cm³/mol. The third kappa shape index (κ3) is 2.35. The van der Waals surface area contributed by atoms with Crippen LogP contribution in [0.4, 0.5) is 5.82 Å². The lowest BCUT2D eigenvalue weighted by Crippen LogP contribution is -2.36. The topological polar surface area (TPSA) is 69.0 Å². The lowest BCUT2D eigenvalue weighted by Gasteiger charge is -2.32. The molecule has 1 aliphatic carbocycles. The average Bonchev–Trinajstić information content (AvgIpc) is 2.28. The van der Waals surface area contributed by atoms with Crippen molar-refractivity contribution in [1.82, 2.24) is 9.97 Å². The molecule has 2 rings (SSSR count). The van der Waals surface area contributed by atoms with E-state index in [-0.39, 0.29) is 5.56 Å². The molecule has 5 nitrogen and oxygen atoms in total. The van der Waals surface area contributed by atoms with Crippen LogP contribution < -0.4 is 16.1 Å². The number of hydrogen-bond acceptors (Lipinski definition) is 3. The third-order valence-corrected chi connectivity index (χ3v) is 3.25. The minimum Gasteiger partial charge on any atom is -0.358 e. The fourth-order valence-corrected chi connectivity index (χ4v) is 2.31. The second kappa shape index (κ2) is 4.55. The normalized spacial score (nSPS) is 17.3. The number of anilines is 1. The standard InChI is InChI=1S/C11H17N3O2/c1-14(8-5-3-2-4-6-8)9-7-10(15)13-11(16)12-9/h7-8H,2-6H2,1H3,(H2,12,13,15,16). The highest BCUT2D eigenvalue weighted by Gasteiger charge is 2.18. The van der Waals surface area contributed by atoms with Gasteiger partial charge >= 0.3 is 5.69 Å². The molecule has 0 radical (unpaired) electrons. The van der Waals surface area contributed by atoms with Crippen LogP contribution in [0.1, 0.15) is 32.1 Å². The van der Waals surface area contributed by atoms with Crippen LogP contribution in [0.15, 0.2) is 15.7 Å². The zero-order valence-corrected chi connectivity index (χ0v) is 9.45. The highest BCUT2D eigenvalue weighted by molar-refractivity contribution is 5.36. The van der Waals surface area contributed by atoms with Gasteiger partial charge in [0.1, 0.15) is 5.82 Å². The van der Waals surface area contributed by atoms with Crippen LogP contribution in [0.3, 0.4) is 0 Å². The van der Waals surface area contributed by atoms with Gasteiger partial charge in [0, 0.05) is 19.2 Å². The van der Waals surface area contributed by atoms with E-state index in [1.54, 1.807) is 0 Å². The summed E-state index contributed by atoms with van der Waals surface area (Å²) >= 11 is 0. The van der Waals surface area contributed by atoms with Crippen molar-refractivity contribution in [3.8, 4) is 0 Å². The Morgan fingerprint density at radius 1 is 1.19 bits per heavy atom. The molecule has 16 heavy (non-hydrogen) atoms. The lowest BCUT2D eigenvalue weighted by molar-refractivity contribution is 0.425. The summed E-state index contributed by atoms with van der Waals surface area (Å²) in [4.78, 5) is 29.2. The molecule has 0 atom stereocenters. The molecular weight excluding hydrogens is 206 g/mol. The zero-order chi connectivity index (χ0) is 11.5. The van der Waals surface area contributed by atoms with Crippen molar-refractivity contribution in [2.75, 3.05) is 11.9 Å². The second-order valence-corrected chi connectivity index (χ2v) is 4.38. The fourth-order valence-electron chi connectivity index (χ4n) is 2.31. The highest BCUT2D eigenvalue weighted by atomic mass is 16.2. The Bertz CT molecular complexity index is 429. The summed E-state index contributed by atoms with van der Waals surface area (Å²) in [6, 6.07) is 1.88. The minimum atomic E-state index is -0.440. The molecule has 1 aromatic heterocycles. The Hall–Kier alpha value is -1.52. The van der Waals surface area contributed by atoms with Crippen molar-refractivity contribution in [2.45, 2.75) is 38.1 Å². The van der Waals surface area contributed by atoms with Gasteiger partial charge in [-0.15, -0.1) is 0 Å². The van der Waals surface area contributed by atoms with Crippen LogP contribution in [-0.2, 0) is 0 Å². The molecule has 0 spiro atoms. The van der Waals surface area contributed by atoms with Crippen molar-refractivity contribution in [3.63, 3.8) is 0 Å². The number of nitrogens with one attached hydrogen (secondary N) is 2. The summed E-state index contributed by atoms with van der Waals surface area (Å²) in [5, 5.41) is 0. The number of aromatic amines is 2. The van der Waals surface area contributed by atoms with Crippen LogP contribution in [-0.4, -0.2) is 23.1 Å². The quantitative estimate of drug-likeness (QED) is 0.780. The number of nitrogens with zero attached hydrogens (tertiary/aromatic N) is 1. The van der Waals surface area contributed by atoms with E-state index in [9.17, 15) is 9.59 Å². The summed E-state index contributed by atoms with van der Waals surface area (Å²) in [6.45, 7) is 0. The first-order valence-corrected chi connectivity index (χ1v) is 5.73. The molecule has 1 fully saturated rings. The molecule has 5 heteroatoms. The Morgan fingerprint density at radius 3 is 2.50 bits per heavy atom. The first-order valence-electron chi connectivity index (χ1n) is 5.73. The second-order valence-electron chi connectivity index (χ2n) is 4.38. The van der Waals surface area contributed by atoms with Gasteiger partial charge in [-0.2, -0.15) is 0 Å². The molecule has 1 heterocycles. The van der Waals surface area contributed by atoms with E-state index in [0.29, 0.717) is 11.9 Å². The van der Waals surface area contributed by atoms with Crippen molar-refractivity contribution in [1.29, 1.82) is 0 Å². The van der Waals surface area contributed by atoms with E-state index in [4.69, 9.17) is 0 Å². The van der Waals surface area contributed by atoms with Gasteiger partial charge in [0.15, 0.2) is 0 Å². The summed E-state index contributed by atoms with van der Waals surface area (Å²) in [7, 11) is 1.93. The molecule has 0 amide bonds. The number of aromatic nitrogens is 2. The van der Waals surface area contributed by atoms with E-state index >= 15 is 0 Å². The number of rotatable bonds is 2. The molecule has 0 unspecified atom stereocenters. The first kappa shape index (κ1) is 11.0. The molecule has 1 saturated carbocycles. The van der Waals surface area contributed by atoms with Crippen molar-refractivity contribution in [2.24, 2.45) is 0 Å². The van der Waals surface area contributed by atoms with Gasteiger partial charge < -0.3 is 4.90 Å². The summed E-state index contributed by atoms with van der Waals surface area (Å²) in [6.07, 6.45) is 6.00. The Balaban J connectivity index is 2.22. The number of hydrogen-bond donors (Lipinski definition) is 2. The third-order valence-electron chi connectivity index (χ3n) is 3.25. The summed E-state index contributed by atoms with van der Waals surface area (Å²) in [5.41, 5.74) is -0.786. The van der Waals surface area contributed by atoms with Crippen LogP contribution in [0.25, 0.3) is 0 Å². The summed E-state index contributed by atoms with van der Waals surface area (Å²) < 4.78 is 0. The summed E-state index contributed by atoms with van der Waals surface area (Å²) in [5.74, 6) is 0.612. The molecule has 2 N–H and O–H groups in total. The van der Waals surface area contributed by atoms with Crippen LogP contribution in [0, 0.1) is 0 Å². The number of H-pyrrole nitrogens is 2. The Kier molecular flexibility index (Phi) is 3.12. The molecule has 0 aliphatic heterocycles. The maximum Gasteiger partial charge on any atom is 0.327 e.